The summed E-state index contributed by atoms with van der Waals surface area (Å²) in [5.41, 5.74) is 0.841. The molecule has 2 aromatic rings. The highest BCUT2D eigenvalue weighted by Crippen LogP contribution is 2.19. The molecule has 1 heterocycles. The van der Waals surface area contributed by atoms with Gasteiger partial charge in [-0.1, -0.05) is 28.9 Å². The highest BCUT2D eigenvalue weighted by atomic mass is 127. The molecule has 0 unspecified atom stereocenters. The summed E-state index contributed by atoms with van der Waals surface area (Å²) >= 11 is 6.01. The molecule has 29 heavy (non-hydrogen) atoms. The number of guanidine groups is 1. The molecule has 0 aliphatic carbocycles. The fourth-order valence-electron chi connectivity index (χ4n) is 3.03. The van der Waals surface area contributed by atoms with Gasteiger partial charge in [0, 0.05) is 55.8 Å². The third-order valence-corrected chi connectivity index (χ3v) is 4.63. The van der Waals surface area contributed by atoms with Crippen LogP contribution in [0.3, 0.4) is 0 Å². The minimum atomic E-state index is 0. The average Bonchev–Trinajstić information content (AvgIpc) is 3.12. The first kappa shape index (κ1) is 25.6. The first-order valence-electron chi connectivity index (χ1n) is 9.69. The van der Waals surface area contributed by atoms with E-state index < -0.39 is 0 Å². The molecular formula is C20H32ClIN6O. The van der Waals surface area contributed by atoms with Crippen LogP contribution in [0.5, 0.6) is 0 Å². The summed E-state index contributed by atoms with van der Waals surface area (Å²) in [6.45, 7) is 11.3. The lowest BCUT2D eigenvalue weighted by Crippen LogP contribution is -2.45. The predicted octanol–water partition coefficient (Wildman–Crippen LogP) is 3.83. The van der Waals surface area contributed by atoms with Crippen molar-refractivity contribution < 1.29 is 4.52 Å². The van der Waals surface area contributed by atoms with Crippen molar-refractivity contribution >= 4 is 41.5 Å². The number of nitrogens with one attached hydrogen (secondary N) is 2. The van der Waals surface area contributed by atoms with Crippen molar-refractivity contribution in [1.29, 1.82) is 0 Å². The molecule has 2 rings (SSSR count). The van der Waals surface area contributed by atoms with E-state index in [0.717, 1.165) is 24.6 Å². The molecule has 7 nitrogen and oxygen atoms in total. The highest BCUT2D eigenvalue weighted by Gasteiger charge is 2.13. The van der Waals surface area contributed by atoms with Crippen molar-refractivity contribution in [1.82, 2.24) is 25.7 Å². The lowest BCUT2D eigenvalue weighted by Gasteiger charge is -2.30. The van der Waals surface area contributed by atoms with Gasteiger partial charge in [0.1, 0.15) is 0 Å². The van der Waals surface area contributed by atoms with Gasteiger partial charge in [0.15, 0.2) is 5.96 Å². The molecule has 162 valence electrons. The molecule has 0 amide bonds. The summed E-state index contributed by atoms with van der Waals surface area (Å²) in [7, 11) is 1.77. The van der Waals surface area contributed by atoms with Crippen molar-refractivity contribution in [3.05, 3.63) is 35.2 Å². The SMILES string of the molecule is CN=C(NCCc1nc(-c2cccc(Cl)c2)no1)NCCN(C(C)C)C(C)C.I. The van der Waals surface area contributed by atoms with E-state index in [-0.39, 0.29) is 24.0 Å². The second kappa shape index (κ2) is 13.0. The van der Waals surface area contributed by atoms with Gasteiger partial charge in [-0.05, 0) is 39.8 Å². The monoisotopic (exact) mass is 534 g/mol. The van der Waals surface area contributed by atoms with Crippen molar-refractivity contribution in [2.75, 3.05) is 26.7 Å². The van der Waals surface area contributed by atoms with E-state index in [4.69, 9.17) is 16.1 Å². The van der Waals surface area contributed by atoms with E-state index in [1.54, 1.807) is 7.05 Å². The first-order chi connectivity index (χ1) is 13.4. The maximum Gasteiger partial charge on any atom is 0.228 e. The molecule has 0 aliphatic heterocycles. The van der Waals surface area contributed by atoms with Crippen LogP contribution in [-0.2, 0) is 6.42 Å². The molecule has 1 aromatic heterocycles. The van der Waals surface area contributed by atoms with Crippen LogP contribution in [0.25, 0.3) is 11.4 Å². The molecule has 0 bridgehead atoms. The topological polar surface area (TPSA) is 78.6 Å². The second-order valence-corrected chi connectivity index (χ2v) is 7.56. The van der Waals surface area contributed by atoms with Crippen LogP contribution >= 0.6 is 35.6 Å². The summed E-state index contributed by atoms with van der Waals surface area (Å²) in [5, 5.41) is 11.3. The zero-order valence-corrected chi connectivity index (χ0v) is 20.9. The Balaban J connectivity index is 0.00000420. The van der Waals surface area contributed by atoms with Gasteiger partial charge in [0.05, 0.1) is 0 Å². The van der Waals surface area contributed by atoms with Gasteiger partial charge < -0.3 is 15.2 Å². The lowest BCUT2D eigenvalue weighted by molar-refractivity contribution is 0.178. The summed E-state index contributed by atoms with van der Waals surface area (Å²) in [4.78, 5) is 11.1. The Morgan fingerprint density at radius 3 is 2.48 bits per heavy atom. The number of benzene rings is 1. The normalized spacial score (nSPS) is 11.8. The van der Waals surface area contributed by atoms with Gasteiger partial charge in [0.25, 0.3) is 0 Å². The smallest absolute Gasteiger partial charge is 0.228 e. The van der Waals surface area contributed by atoms with Crippen molar-refractivity contribution in [3.63, 3.8) is 0 Å². The quantitative estimate of drug-likeness (QED) is 0.289. The minimum absolute atomic E-state index is 0. The Hall–Kier alpha value is -1.39. The number of hydrogen-bond acceptors (Lipinski definition) is 5. The molecule has 0 saturated carbocycles. The Labute approximate surface area is 195 Å². The first-order valence-corrected chi connectivity index (χ1v) is 10.1. The number of aliphatic imine (C=N–C) groups is 1. The van der Waals surface area contributed by atoms with Crippen LogP contribution in [0.15, 0.2) is 33.8 Å². The molecule has 0 aliphatic rings. The standard InChI is InChI=1S/C20H31ClN6O.HI/c1-14(2)27(15(3)4)12-11-24-20(22-5)23-10-9-18-25-19(26-28-18)16-7-6-8-17(21)13-16;/h6-8,13-15H,9-12H2,1-5H3,(H2,22,23,24);1H. The number of nitrogens with zero attached hydrogens (tertiary/aromatic N) is 4. The molecule has 0 saturated heterocycles. The Kier molecular flexibility index (Phi) is 11.5. The Morgan fingerprint density at radius 2 is 1.86 bits per heavy atom. The third kappa shape index (κ3) is 8.47. The molecule has 0 radical (unpaired) electrons. The molecule has 0 spiro atoms. The van der Waals surface area contributed by atoms with E-state index in [0.29, 0.717) is 41.8 Å². The van der Waals surface area contributed by atoms with Crippen LogP contribution in [0, 0.1) is 0 Å². The van der Waals surface area contributed by atoms with Gasteiger partial charge in [0.2, 0.25) is 11.7 Å². The van der Waals surface area contributed by atoms with Crippen LogP contribution in [-0.4, -0.2) is 59.8 Å². The van der Waals surface area contributed by atoms with E-state index in [1.807, 2.05) is 24.3 Å². The van der Waals surface area contributed by atoms with E-state index in [1.165, 1.54) is 0 Å². The highest BCUT2D eigenvalue weighted by molar-refractivity contribution is 14.0. The zero-order chi connectivity index (χ0) is 20.5. The molecule has 0 atom stereocenters. The van der Waals surface area contributed by atoms with Gasteiger partial charge in [-0.2, -0.15) is 4.98 Å². The van der Waals surface area contributed by atoms with Crippen LogP contribution in [0.4, 0.5) is 0 Å². The molecule has 9 heteroatoms. The third-order valence-electron chi connectivity index (χ3n) is 4.39. The summed E-state index contributed by atoms with van der Waals surface area (Å²) in [6.07, 6.45) is 0.610. The maximum atomic E-state index is 6.01. The molecular weight excluding hydrogens is 503 g/mol. The average molecular weight is 535 g/mol. The van der Waals surface area contributed by atoms with Crippen molar-refractivity contribution in [2.24, 2.45) is 4.99 Å². The lowest BCUT2D eigenvalue weighted by atomic mass is 10.2. The Morgan fingerprint density at radius 1 is 1.17 bits per heavy atom. The fourth-order valence-corrected chi connectivity index (χ4v) is 3.22. The zero-order valence-electron chi connectivity index (χ0n) is 17.8. The van der Waals surface area contributed by atoms with Gasteiger partial charge in [-0.15, -0.1) is 24.0 Å². The maximum absolute atomic E-state index is 6.01. The second-order valence-electron chi connectivity index (χ2n) is 7.12. The number of rotatable bonds is 9. The van der Waals surface area contributed by atoms with Crippen LogP contribution in [0.1, 0.15) is 33.6 Å². The summed E-state index contributed by atoms with van der Waals surface area (Å²) in [5.74, 6) is 1.88. The fraction of sp³-hybridized carbons (Fsp3) is 0.550. The molecule has 0 fully saturated rings. The van der Waals surface area contributed by atoms with E-state index in [2.05, 4.69) is 58.4 Å². The summed E-state index contributed by atoms with van der Waals surface area (Å²) < 4.78 is 5.33. The summed E-state index contributed by atoms with van der Waals surface area (Å²) in [6, 6.07) is 8.44. The number of aromatic nitrogens is 2. The van der Waals surface area contributed by atoms with Gasteiger partial charge >= 0.3 is 0 Å². The Bertz CT molecular complexity index is 757. The largest absolute Gasteiger partial charge is 0.356 e. The van der Waals surface area contributed by atoms with Crippen molar-refractivity contribution in [3.8, 4) is 11.4 Å². The number of halogens is 2. The van der Waals surface area contributed by atoms with E-state index >= 15 is 0 Å². The molecule has 1 aromatic carbocycles. The van der Waals surface area contributed by atoms with E-state index in [9.17, 15) is 0 Å². The molecule has 2 N–H and O–H groups in total. The minimum Gasteiger partial charge on any atom is -0.356 e. The predicted molar refractivity (Wildman–Crippen MR) is 130 cm³/mol. The van der Waals surface area contributed by atoms with Gasteiger partial charge in [-0.25, -0.2) is 0 Å². The number of hydrogen-bond donors (Lipinski definition) is 2. The van der Waals surface area contributed by atoms with Crippen molar-refractivity contribution in [2.45, 2.75) is 46.2 Å². The van der Waals surface area contributed by atoms with Crippen LogP contribution < -0.4 is 10.6 Å². The van der Waals surface area contributed by atoms with Gasteiger partial charge in [-0.3, -0.25) is 9.89 Å². The van der Waals surface area contributed by atoms with Crippen LogP contribution in [0.2, 0.25) is 5.02 Å².